The average Bonchev–Trinajstić information content (AvgIpc) is 2.91. The molecule has 0 spiro atoms. The van der Waals surface area contributed by atoms with E-state index in [1.54, 1.807) is 0 Å². The molecular weight excluding hydrogens is 224 g/mol. The Kier molecular flexibility index (Phi) is 4.76. The molecule has 3 heteroatoms. The molecule has 0 unspecified atom stereocenters. The minimum Gasteiger partial charge on any atom is -0.325 e. The van der Waals surface area contributed by atoms with E-state index < -0.39 is 0 Å². The molecule has 1 aromatic rings. The molecule has 1 aliphatic carbocycles. The topological polar surface area (TPSA) is 41.1 Å². The molecule has 0 heterocycles. The summed E-state index contributed by atoms with van der Waals surface area (Å²) in [6.07, 6.45) is 5.28. The van der Waals surface area contributed by atoms with Crippen LogP contribution in [-0.4, -0.2) is 18.5 Å². The van der Waals surface area contributed by atoms with E-state index in [4.69, 9.17) is 0 Å². The van der Waals surface area contributed by atoms with Crippen LogP contribution in [0.15, 0.2) is 30.3 Å². The van der Waals surface area contributed by atoms with Gasteiger partial charge in [-0.05, 0) is 37.8 Å². The van der Waals surface area contributed by atoms with Gasteiger partial charge in [0.05, 0.1) is 6.54 Å². The minimum atomic E-state index is 0.0334. The largest absolute Gasteiger partial charge is 0.325 e. The highest BCUT2D eigenvalue weighted by molar-refractivity contribution is 5.92. The Morgan fingerprint density at radius 2 is 1.94 bits per heavy atom. The van der Waals surface area contributed by atoms with Gasteiger partial charge < -0.3 is 10.6 Å². The number of carbonyl (C=O) groups excluding carboxylic acids is 1. The number of carbonyl (C=O) groups is 1. The first-order chi connectivity index (χ1) is 8.75. The summed E-state index contributed by atoms with van der Waals surface area (Å²) in [6, 6.07) is 10.0. The normalized spacial score (nSPS) is 17.6. The lowest BCUT2D eigenvalue weighted by atomic mass is 10.00. The molecule has 1 saturated carbocycles. The van der Waals surface area contributed by atoms with Gasteiger partial charge in [0.1, 0.15) is 0 Å². The quantitative estimate of drug-likeness (QED) is 0.838. The Morgan fingerprint density at radius 3 is 2.61 bits per heavy atom. The van der Waals surface area contributed by atoms with Gasteiger partial charge in [-0.1, -0.05) is 31.0 Å². The van der Waals surface area contributed by atoms with Crippen LogP contribution in [0.1, 0.15) is 32.6 Å². The van der Waals surface area contributed by atoms with Gasteiger partial charge in [0.15, 0.2) is 0 Å². The van der Waals surface area contributed by atoms with Gasteiger partial charge in [-0.25, -0.2) is 0 Å². The summed E-state index contributed by atoms with van der Waals surface area (Å²) in [5, 5.41) is 6.22. The van der Waals surface area contributed by atoms with Crippen LogP contribution < -0.4 is 10.6 Å². The summed E-state index contributed by atoms with van der Waals surface area (Å²) in [7, 11) is 0. The van der Waals surface area contributed by atoms with Crippen molar-refractivity contribution in [3.63, 3.8) is 0 Å². The smallest absolute Gasteiger partial charge is 0.238 e. The van der Waals surface area contributed by atoms with E-state index in [-0.39, 0.29) is 5.91 Å². The summed E-state index contributed by atoms with van der Waals surface area (Å²) in [5.74, 6) is 0.778. The third-order valence-corrected chi connectivity index (χ3v) is 3.75. The van der Waals surface area contributed by atoms with Gasteiger partial charge >= 0.3 is 0 Å². The fourth-order valence-electron chi connectivity index (χ4n) is 2.60. The minimum absolute atomic E-state index is 0.0334. The number of rotatable bonds is 5. The second-order valence-corrected chi connectivity index (χ2v) is 5.13. The molecule has 1 atom stereocenters. The van der Waals surface area contributed by atoms with Gasteiger partial charge in [0.2, 0.25) is 5.91 Å². The molecule has 0 radical (unpaired) electrons. The number of hydrogen-bond acceptors (Lipinski definition) is 2. The van der Waals surface area contributed by atoms with E-state index in [1.807, 2.05) is 30.3 Å². The van der Waals surface area contributed by atoms with Crippen LogP contribution in [0.25, 0.3) is 0 Å². The molecule has 98 valence electrons. The van der Waals surface area contributed by atoms with Crippen LogP contribution in [0.3, 0.4) is 0 Å². The van der Waals surface area contributed by atoms with Gasteiger partial charge in [0.25, 0.3) is 0 Å². The zero-order valence-corrected chi connectivity index (χ0v) is 11.0. The zero-order valence-electron chi connectivity index (χ0n) is 11.0. The average molecular weight is 246 g/mol. The first-order valence-corrected chi connectivity index (χ1v) is 6.84. The highest BCUT2D eigenvalue weighted by atomic mass is 16.1. The number of para-hydroxylation sites is 1. The van der Waals surface area contributed by atoms with E-state index in [1.165, 1.54) is 25.7 Å². The van der Waals surface area contributed by atoms with E-state index in [0.29, 0.717) is 12.6 Å². The summed E-state index contributed by atoms with van der Waals surface area (Å²) in [5.41, 5.74) is 0.859. The van der Waals surface area contributed by atoms with Crippen LogP contribution in [0.4, 0.5) is 5.69 Å². The Balaban J connectivity index is 1.71. The summed E-state index contributed by atoms with van der Waals surface area (Å²) in [6.45, 7) is 2.58. The summed E-state index contributed by atoms with van der Waals surface area (Å²) >= 11 is 0. The Labute approximate surface area is 109 Å². The van der Waals surface area contributed by atoms with Gasteiger partial charge in [-0.2, -0.15) is 0 Å². The predicted molar refractivity (Wildman–Crippen MR) is 74.5 cm³/mol. The molecule has 2 rings (SSSR count). The first-order valence-electron chi connectivity index (χ1n) is 6.84. The van der Waals surface area contributed by atoms with Gasteiger partial charge in [-0.15, -0.1) is 0 Å². The highest BCUT2D eigenvalue weighted by Crippen LogP contribution is 2.27. The van der Waals surface area contributed by atoms with Crippen molar-refractivity contribution in [2.24, 2.45) is 5.92 Å². The molecule has 1 aromatic carbocycles. The Hall–Kier alpha value is -1.35. The third-order valence-electron chi connectivity index (χ3n) is 3.75. The van der Waals surface area contributed by atoms with Crippen LogP contribution in [0.2, 0.25) is 0 Å². The van der Waals surface area contributed by atoms with Gasteiger partial charge in [0, 0.05) is 11.7 Å². The van der Waals surface area contributed by atoms with E-state index in [9.17, 15) is 4.79 Å². The van der Waals surface area contributed by atoms with Crippen molar-refractivity contribution in [2.75, 3.05) is 11.9 Å². The molecule has 1 fully saturated rings. The van der Waals surface area contributed by atoms with Crippen LogP contribution in [0.5, 0.6) is 0 Å². The number of amides is 1. The van der Waals surface area contributed by atoms with Gasteiger partial charge in [-0.3, -0.25) is 4.79 Å². The molecule has 2 N–H and O–H groups in total. The molecule has 0 saturated heterocycles. The molecule has 0 bridgehead atoms. The third kappa shape index (κ3) is 3.84. The van der Waals surface area contributed by atoms with Crippen molar-refractivity contribution < 1.29 is 4.79 Å². The van der Waals surface area contributed by atoms with Crippen LogP contribution in [-0.2, 0) is 4.79 Å². The lowest BCUT2D eigenvalue weighted by molar-refractivity contribution is -0.115. The maximum Gasteiger partial charge on any atom is 0.238 e. The molecule has 1 aliphatic rings. The summed E-state index contributed by atoms with van der Waals surface area (Å²) < 4.78 is 0. The number of hydrogen-bond donors (Lipinski definition) is 2. The number of benzene rings is 1. The molecule has 18 heavy (non-hydrogen) atoms. The maximum atomic E-state index is 11.8. The SMILES string of the molecule is C[C@@H](NCC(=O)Nc1ccccc1)C1CCCC1. The predicted octanol–water partition coefficient (Wildman–Crippen LogP) is 2.79. The van der Waals surface area contributed by atoms with E-state index in [2.05, 4.69) is 17.6 Å². The van der Waals surface area contributed by atoms with Crippen LogP contribution >= 0.6 is 0 Å². The van der Waals surface area contributed by atoms with Crippen molar-refractivity contribution in [3.05, 3.63) is 30.3 Å². The second kappa shape index (κ2) is 6.55. The Morgan fingerprint density at radius 1 is 1.28 bits per heavy atom. The monoisotopic (exact) mass is 246 g/mol. The Bertz CT molecular complexity index is 371. The molecular formula is C15H22N2O. The van der Waals surface area contributed by atoms with Crippen molar-refractivity contribution in [1.29, 1.82) is 0 Å². The standard InChI is InChI=1S/C15H22N2O/c1-12(13-7-5-6-8-13)16-11-15(18)17-14-9-3-2-4-10-14/h2-4,9-10,12-13,16H,5-8,11H2,1H3,(H,17,18)/t12-/m1/s1. The first kappa shape index (κ1) is 13.1. The lowest BCUT2D eigenvalue weighted by Crippen LogP contribution is -2.38. The van der Waals surface area contributed by atoms with Crippen molar-refractivity contribution in [2.45, 2.75) is 38.6 Å². The van der Waals surface area contributed by atoms with Crippen molar-refractivity contribution in [3.8, 4) is 0 Å². The highest BCUT2D eigenvalue weighted by Gasteiger charge is 2.21. The fourth-order valence-corrected chi connectivity index (χ4v) is 2.60. The number of nitrogens with one attached hydrogen (secondary N) is 2. The molecule has 3 nitrogen and oxygen atoms in total. The number of anilines is 1. The van der Waals surface area contributed by atoms with Crippen molar-refractivity contribution in [1.82, 2.24) is 5.32 Å². The van der Waals surface area contributed by atoms with E-state index in [0.717, 1.165) is 11.6 Å². The van der Waals surface area contributed by atoms with E-state index >= 15 is 0 Å². The molecule has 0 aromatic heterocycles. The second-order valence-electron chi connectivity index (χ2n) is 5.13. The van der Waals surface area contributed by atoms with Crippen molar-refractivity contribution >= 4 is 11.6 Å². The molecule has 0 aliphatic heterocycles. The van der Waals surface area contributed by atoms with Crippen LogP contribution in [0, 0.1) is 5.92 Å². The molecule has 1 amide bonds. The maximum absolute atomic E-state index is 11.8. The lowest BCUT2D eigenvalue weighted by Gasteiger charge is -2.20. The zero-order chi connectivity index (χ0) is 12.8. The summed E-state index contributed by atoms with van der Waals surface area (Å²) in [4.78, 5) is 11.8. The fraction of sp³-hybridized carbons (Fsp3) is 0.533.